The topological polar surface area (TPSA) is 46.2 Å². The second-order valence-electron chi connectivity index (χ2n) is 3.22. The number of aryl methyl sites for hydroxylation is 2. The van der Waals surface area contributed by atoms with Crippen molar-refractivity contribution in [1.29, 1.82) is 0 Å². The maximum absolute atomic E-state index is 9.53. The predicted octanol–water partition coefficient (Wildman–Crippen LogP) is 2.06. The molecule has 0 amide bonds. The molecule has 1 aromatic rings. The van der Waals surface area contributed by atoms with Gasteiger partial charge < -0.3 is 10.8 Å². The summed E-state index contributed by atoms with van der Waals surface area (Å²) in [4.78, 5) is 0. The summed E-state index contributed by atoms with van der Waals surface area (Å²) in [5.74, 6) is 0. The lowest BCUT2D eigenvalue weighted by atomic mass is 10.0. The molecule has 0 aliphatic heterocycles. The van der Waals surface area contributed by atoms with Gasteiger partial charge in [-0.2, -0.15) is 0 Å². The van der Waals surface area contributed by atoms with Gasteiger partial charge in [-0.25, -0.2) is 0 Å². The molecule has 13 heavy (non-hydrogen) atoms. The highest BCUT2D eigenvalue weighted by Crippen LogP contribution is 2.25. The van der Waals surface area contributed by atoms with E-state index in [1.807, 2.05) is 26.0 Å². The number of hydrogen-bond acceptors (Lipinski definition) is 2. The van der Waals surface area contributed by atoms with Gasteiger partial charge in [0.25, 0.3) is 0 Å². The standard InChI is InChI=1S/C10H14BrNO/c1-6-3-8(9(13)5-12)4-7(2)10(6)11/h3-4,9,13H,5,12H2,1-2H3. The van der Waals surface area contributed by atoms with Gasteiger partial charge in [0.05, 0.1) is 6.10 Å². The molecule has 1 rings (SSSR count). The van der Waals surface area contributed by atoms with Crippen molar-refractivity contribution in [3.63, 3.8) is 0 Å². The zero-order valence-corrected chi connectivity index (χ0v) is 9.43. The first-order valence-electron chi connectivity index (χ1n) is 4.21. The van der Waals surface area contributed by atoms with Gasteiger partial charge in [0.15, 0.2) is 0 Å². The van der Waals surface area contributed by atoms with E-state index < -0.39 is 6.10 Å². The van der Waals surface area contributed by atoms with Crippen LogP contribution >= 0.6 is 15.9 Å². The van der Waals surface area contributed by atoms with Gasteiger partial charge in [-0.15, -0.1) is 0 Å². The van der Waals surface area contributed by atoms with Crippen LogP contribution in [0.3, 0.4) is 0 Å². The summed E-state index contributed by atoms with van der Waals surface area (Å²) in [6.07, 6.45) is -0.550. The van der Waals surface area contributed by atoms with Crippen LogP contribution in [0.4, 0.5) is 0 Å². The van der Waals surface area contributed by atoms with Crippen LogP contribution < -0.4 is 5.73 Å². The molecule has 72 valence electrons. The average molecular weight is 244 g/mol. The molecule has 0 aliphatic rings. The van der Waals surface area contributed by atoms with Crippen molar-refractivity contribution in [1.82, 2.24) is 0 Å². The van der Waals surface area contributed by atoms with E-state index in [0.717, 1.165) is 21.2 Å². The Hall–Kier alpha value is -0.380. The molecule has 1 unspecified atom stereocenters. The van der Waals surface area contributed by atoms with Crippen LogP contribution in [0.15, 0.2) is 16.6 Å². The Labute approximate surface area is 86.9 Å². The molecule has 2 nitrogen and oxygen atoms in total. The molecule has 1 aromatic carbocycles. The molecule has 0 saturated heterocycles. The molecule has 0 aliphatic carbocycles. The molecule has 1 atom stereocenters. The van der Waals surface area contributed by atoms with E-state index in [1.54, 1.807) is 0 Å². The summed E-state index contributed by atoms with van der Waals surface area (Å²) in [5, 5.41) is 9.53. The molecule has 0 bridgehead atoms. The van der Waals surface area contributed by atoms with E-state index in [-0.39, 0.29) is 6.54 Å². The summed E-state index contributed by atoms with van der Waals surface area (Å²) in [5.41, 5.74) is 8.52. The van der Waals surface area contributed by atoms with Crippen LogP contribution in [0.25, 0.3) is 0 Å². The minimum Gasteiger partial charge on any atom is -0.387 e. The number of aliphatic hydroxyl groups is 1. The quantitative estimate of drug-likeness (QED) is 0.836. The second-order valence-corrected chi connectivity index (χ2v) is 4.01. The van der Waals surface area contributed by atoms with E-state index in [2.05, 4.69) is 15.9 Å². The lowest BCUT2D eigenvalue weighted by Crippen LogP contribution is -2.11. The largest absolute Gasteiger partial charge is 0.387 e. The maximum Gasteiger partial charge on any atom is 0.0912 e. The number of benzene rings is 1. The first kappa shape index (κ1) is 10.7. The molecule has 0 spiro atoms. The van der Waals surface area contributed by atoms with Gasteiger partial charge in [0.2, 0.25) is 0 Å². The minimum absolute atomic E-state index is 0.264. The fraction of sp³-hybridized carbons (Fsp3) is 0.400. The lowest BCUT2D eigenvalue weighted by molar-refractivity contribution is 0.186. The van der Waals surface area contributed by atoms with Gasteiger partial charge in [-0.3, -0.25) is 0 Å². The molecule has 0 heterocycles. The summed E-state index contributed by atoms with van der Waals surface area (Å²) in [6.45, 7) is 4.27. The van der Waals surface area contributed by atoms with Crippen molar-refractivity contribution in [3.8, 4) is 0 Å². The average Bonchev–Trinajstić information content (AvgIpc) is 2.12. The van der Waals surface area contributed by atoms with E-state index in [1.165, 1.54) is 0 Å². The van der Waals surface area contributed by atoms with Gasteiger partial charge in [0.1, 0.15) is 0 Å². The zero-order valence-electron chi connectivity index (χ0n) is 7.84. The molecule has 3 heteroatoms. The van der Waals surface area contributed by atoms with E-state index in [0.29, 0.717) is 0 Å². The normalized spacial score (nSPS) is 13.0. The van der Waals surface area contributed by atoms with Crippen molar-refractivity contribution in [2.45, 2.75) is 20.0 Å². The minimum atomic E-state index is -0.550. The molecular formula is C10H14BrNO. The summed E-state index contributed by atoms with van der Waals surface area (Å²) < 4.78 is 1.10. The fourth-order valence-electron chi connectivity index (χ4n) is 1.31. The highest BCUT2D eigenvalue weighted by Gasteiger charge is 2.08. The zero-order chi connectivity index (χ0) is 10.0. The van der Waals surface area contributed by atoms with Gasteiger partial charge in [-0.05, 0) is 30.5 Å². The van der Waals surface area contributed by atoms with Crippen LogP contribution in [0.1, 0.15) is 22.8 Å². The van der Waals surface area contributed by atoms with E-state index in [4.69, 9.17) is 5.73 Å². The maximum atomic E-state index is 9.53. The number of hydrogen-bond donors (Lipinski definition) is 2. The summed E-state index contributed by atoms with van der Waals surface area (Å²) in [6, 6.07) is 3.91. The van der Waals surface area contributed by atoms with Crippen LogP contribution in [0.2, 0.25) is 0 Å². The third kappa shape index (κ3) is 2.30. The first-order valence-corrected chi connectivity index (χ1v) is 5.00. The van der Waals surface area contributed by atoms with Crippen LogP contribution in [-0.2, 0) is 0 Å². The molecule has 0 aromatic heterocycles. The number of rotatable bonds is 2. The second kappa shape index (κ2) is 4.22. The van der Waals surface area contributed by atoms with Crippen LogP contribution in [0, 0.1) is 13.8 Å². The van der Waals surface area contributed by atoms with Crippen LogP contribution in [0.5, 0.6) is 0 Å². The monoisotopic (exact) mass is 243 g/mol. The lowest BCUT2D eigenvalue weighted by Gasteiger charge is -2.11. The van der Waals surface area contributed by atoms with Gasteiger partial charge >= 0.3 is 0 Å². The SMILES string of the molecule is Cc1cc(C(O)CN)cc(C)c1Br. The van der Waals surface area contributed by atoms with Gasteiger partial charge in [0, 0.05) is 11.0 Å². The highest BCUT2D eigenvalue weighted by atomic mass is 79.9. The van der Waals surface area contributed by atoms with Crippen LogP contribution in [-0.4, -0.2) is 11.7 Å². The van der Waals surface area contributed by atoms with Gasteiger partial charge in [-0.1, -0.05) is 28.1 Å². The first-order chi connectivity index (χ1) is 6.06. The number of halogens is 1. The van der Waals surface area contributed by atoms with Crippen molar-refractivity contribution < 1.29 is 5.11 Å². The number of nitrogens with two attached hydrogens (primary N) is 1. The molecular weight excluding hydrogens is 230 g/mol. The summed E-state index contributed by atoms with van der Waals surface area (Å²) >= 11 is 3.47. The van der Waals surface area contributed by atoms with Crippen molar-refractivity contribution in [2.24, 2.45) is 5.73 Å². The third-order valence-corrected chi connectivity index (χ3v) is 3.32. The Morgan fingerprint density at radius 1 is 1.38 bits per heavy atom. The molecule has 0 saturated carbocycles. The summed E-state index contributed by atoms with van der Waals surface area (Å²) in [7, 11) is 0. The smallest absolute Gasteiger partial charge is 0.0912 e. The van der Waals surface area contributed by atoms with Crippen molar-refractivity contribution >= 4 is 15.9 Å². The third-order valence-electron chi connectivity index (χ3n) is 2.07. The highest BCUT2D eigenvalue weighted by molar-refractivity contribution is 9.10. The number of aliphatic hydroxyl groups excluding tert-OH is 1. The van der Waals surface area contributed by atoms with E-state index >= 15 is 0 Å². The van der Waals surface area contributed by atoms with E-state index in [9.17, 15) is 5.11 Å². The van der Waals surface area contributed by atoms with Crippen molar-refractivity contribution in [3.05, 3.63) is 33.3 Å². The van der Waals surface area contributed by atoms with Crippen molar-refractivity contribution in [2.75, 3.05) is 6.54 Å². The Morgan fingerprint density at radius 2 is 1.85 bits per heavy atom. The molecule has 0 fully saturated rings. The molecule has 3 N–H and O–H groups in total. The Balaban J connectivity index is 3.13. The Bertz CT molecular complexity index is 289. The predicted molar refractivity (Wildman–Crippen MR) is 57.6 cm³/mol. The fourth-order valence-corrected chi connectivity index (χ4v) is 1.54. The Kier molecular flexibility index (Phi) is 3.47. The Morgan fingerprint density at radius 3 is 2.23 bits per heavy atom. The molecule has 0 radical (unpaired) electrons.